The van der Waals surface area contributed by atoms with E-state index in [4.69, 9.17) is 4.74 Å². The molecule has 0 bridgehead atoms. The second kappa shape index (κ2) is 3.75. The van der Waals surface area contributed by atoms with Crippen molar-refractivity contribution in [1.29, 1.82) is 0 Å². The van der Waals surface area contributed by atoms with Gasteiger partial charge in [-0.15, -0.1) is 0 Å². The number of hydrogen-bond acceptors (Lipinski definition) is 2. The molecule has 0 N–H and O–H groups in total. The Balaban J connectivity index is 1.96. The lowest BCUT2D eigenvalue weighted by atomic mass is 10.2. The fourth-order valence-corrected chi connectivity index (χ4v) is 1.58. The Morgan fingerprint density at radius 1 is 1.77 bits per heavy atom. The van der Waals surface area contributed by atoms with Crippen LogP contribution in [0.5, 0.6) is 0 Å². The molecule has 1 atom stereocenters. The van der Waals surface area contributed by atoms with Crippen LogP contribution < -0.4 is 0 Å². The van der Waals surface area contributed by atoms with Crippen molar-refractivity contribution in [3.05, 3.63) is 24.5 Å². The van der Waals surface area contributed by atoms with Crippen molar-refractivity contribution in [2.45, 2.75) is 25.5 Å². The Morgan fingerprint density at radius 3 is 3.31 bits per heavy atom. The summed E-state index contributed by atoms with van der Waals surface area (Å²) in [4.78, 5) is 0. The van der Waals surface area contributed by atoms with Gasteiger partial charge in [-0.05, 0) is 12.8 Å². The summed E-state index contributed by atoms with van der Waals surface area (Å²) in [5, 5.41) is 4.22. The molecule has 3 nitrogen and oxygen atoms in total. The predicted octanol–water partition coefficient (Wildman–Crippen LogP) is 1.71. The first-order chi connectivity index (χ1) is 6.38. The van der Waals surface area contributed by atoms with Crippen molar-refractivity contribution < 1.29 is 4.74 Å². The van der Waals surface area contributed by atoms with Crippen LogP contribution in [0, 0.1) is 0 Å². The van der Waals surface area contributed by atoms with E-state index >= 15 is 0 Å². The summed E-state index contributed by atoms with van der Waals surface area (Å²) in [6.07, 6.45) is 8.32. The van der Waals surface area contributed by atoms with Crippen molar-refractivity contribution in [2.75, 3.05) is 6.61 Å². The molecule has 1 aromatic rings. The van der Waals surface area contributed by atoms with Crippen LogP contribution in [0.25, 0.3) is 6.08 Å². The van der Waals surface area contributed by atoms with Crippen LogP contribution in [0.3, 0.4) is 0 Å². The Labute approximate surface area is 78.0 Å². The molecule has 2 rings (SSSR count). The maximum absolute atomic E-state index is 5.51. The van der Waals surface area contributed by atoms with E-state index in [9.17, 15) is 0 Å². The van der Waals surface area contributed by atoms with Crippen LogP contribution >= 0.6 is 0 Å². The fraction of sp³-hybridized carbons (Fsp3) is 0.500. The molecule has 0 aliphatic carbocycles. The summed E-state index contributed by atoms with van der Waals surface area (Å²) < 4.78 is 7.44. The monoisotopic (exact) mass is 178 g/mol. The minimum absolute atomic E-state index is 0.359. The van der Waals surface area contributed by atoms with Gasteiger partial charge in [-0.3, -0.25) is 4.68 Å². The van der Waals surface area contributed by atoms with Gasteiger partial charge in [-0.25, -0.2) is 0 Å². The topological polar surface area (TPSA) is 27.1 Å². The van der Waals surface area contributed by atoms with Gasteiger partial charge in [0.25, 0.3) is 0 Å². The highest BCUT2D eigenvalue weighted by atomic mass is 16.5. The van der Waals surface area contributed by atoms with Crippen LogP contribution in [0.2, 0.25) is 0 Å². The third-order valence-electron chi connectivity index (χ3n) is 2.30. The molecular weight excluding hydrogens is 164 g/mol. The molecule has 2 heterocycles. The van der Waals surface area contributed by atoms with Gasteiger partial charge in [-0.2, -0.15) is 5.10 Å². The normalized spacial score (nSPS) is 22.0. The van der Waals surface area contributed by atoms with E-state index in [-0.39, 0.29) is 0 Å². The van der Waals surface area contributed by atoms with E-state index < -0.39 is 0 Å². The van der Waals surface area contributed by atoms with Gasteiger partial charge in [0.15, 0.2) is 0 Å². The van der Waals surface area contributed by atoms with Crippen LogP contribution in [0.4, 0.5) is 0 Å². The molecule has 1 saturated heterocycles. The highest BCUT2D eigenvalue weighted by Gasteiger charge is 2.15. The van der Waals surface area contributed by atoms with Gasteiger partial charge in [0.2, 0.25) is 0 Å². The van der Waals surface area contributed by atoms with Crippen LogP contribution in [0.1, 0.15) is 18.4 Å². The van der Waals surface area contributed by atoms with E-state index in [0.29, 0.717) is 6.10 Å². The molecule has 1 fully saturated rings. The third kappa shape index (κ3) is 1.98. The molecule has 0 unspecified atom stereocenters. The molecule has 3 heteroatoms. The zero-order valence-electron chi connectivity index (χ0n) is 7.65. The summed E-state index contributed by atoms with van der Waals surface area (Å²) in [5.41, 5.74) is 1.07. The van der Waals surface area contributed by atoms with Gasteiger partial charge in [0.05, 0.1) is 18.8 Å². The van der Waals surface area contributed by atoms with Crippen molar-refractivity contribution >= 4 is 6.08 Å². The molecule has 0 aromatic carbocycles. The van der Waals surface area contributed by atoms with Crippen LogP contribution in [-0.4, -0.2) is 22.5 Å². The smallest absolute Gasteiger partial charge is 0.0771 e. The Kier molecular flexibility index (Phi) is 2.45. The maximum Gasteiger partial charge on any atom is 0.0771 e. The summed E-state index contributed by atoms with van der Waals surface area (Å²) in [6.45, 7) is 5.46. The zero-order valence-corrected chi connectivity index (χ0v) is 7.65. The molecule has 0 spiro atoms. The number of rotatable bonds is 3. The lowest BCUT2D eigenvalue weighted by molar-refractivity contribution is 0.0940. The first-order valence-electron chi connectivity index (χ1n) is 4.65. The average molecular weight is 178 g/mol. The summed E-state index contributed by atoms with van der Waals surface area (Å²) in [7, 11) is 0. The number of nitrogens with zero attached hydrogens (tertiary/aromatic N) is 2. The minimum atomic E-state index is 0.359. The molecule has 70 valence electrons. The summed E-state index contributed by atoms with van der Waals surface area (Å²) in [5.74, 6) is 0. The van der Waals surface area contributed by atoms with Gasteiger partial charge >= 0.3 is 0 Å². The molecule has 1 aliphatic heterocycles. The van der Waals surface area contributed by atoms with Gasteiger partial charge in [0, 0.05) is 18.4 Å². The Morgan fingerprint density at radius 2 is 2.69 bits per heavy atom. The first-order valence-corrected chi connectivity index (χ1v) is 4.65. The van der Waals surface area contributed by atoms with Crippen molar-refractivity contribution in [1.82, 2.24) is 9.78 Å². The molecule has 0 radical (unpaired) electrons. The summed E-state index contributed by atoms with van der Waals surface area (Å²) >= 11 is 0. The quantitative estimate of drug-likeness (QED) is 0.704. The second-order valence-electron chi connectivity index (χ2n) is 3.33. The van der Waals surface area contributed by atoms with Gasteiger partial charge in [0.1, 0.15) is 0 Å². The highest BCUT2D eigenvalue weighted by molar-refractivity contribution is 5.43. The predicted molar refractivity (Wildman–Crippen MR) is 51.3 cm³/mol. The highest BCUT2D eigenvalue weighted by Crippen LogP contribution is 2.13. The number of aromatic nitrogens is 2. The van der Waals surface area contributed by atoms with Crippen molar-refractivity contribution in [3.63, 3.8) is 0 Å². The molecule has 1 aromatic heterocycles. The average Bonchev–Trinajstić information content (AvgIpc) is 2.76. The zero-order chi connectivity index (χ0) is 9.10. The fourth-order valence-electron chi connectivity index (χ4n) is 1.58. The van der Waals surface area contributed by atoms with Crippen LogP contribution in [-0.2, 0) is 11.3 Å². The van der Waals surface area contributed by atoms with E-state index in [1.165, 1.54) is 6.42 Å². The molecule has 0 saturated carbocycles. The molecule has 1 aliphatic rings. The lowest BCUT2D eigenvalue weighted by Gasteiger charge is -2.08. The molecule has 13 heavy (non-hydrogen) atoms. The minimum Gasteiger partial charge on any atom is -0.376 e. The van der Waals surface area contributed by atoms with Crippen molar-refractivity contribution in [3.8, 4) is 0 Å². The van der Waals surface area contributed by atoms with Crippen LogP contribution in [0.15, 0.2) is 19.0 Å². The van der Waals surface area contributed by atoms with E-state index in [0.717, 1.165) is 25.1 Å². The van der Waals surface area contributed by atoms with E-state index in [1.807, 2.05) is 17.1 Å². The number of ether oxygens (including phenoxy) is 1. The standard InChI is InChI=1S/C10H14N2O/c1-2-9-6-11-12(7-9)8-10-4-3-5-13-10/h2,6-7,10H,1,3-5,8H2/t10-/m1/s1. The maximum atomic E-state index is 5.51. The first kappa shape index (κ1) is 8.51. The lowest BCUT2D eigenvalue weighted by Crippen LogP contribution is -2.14. The number of hydrogen-bond donors (Lipinski definition) is 0. The van der Waals surface area contributed by atoms with E-state index in [2.05, 4.69) is 11.7 Å². The SMILES string of the molecule is C=Cc1cnn(C[C@H]2CCCO2)c1. The van der Waals surface area contributed by atoms with Gasteiger partial charge < -0.3 is 4.74 Å². The van der Waals surface area contributed by atoms with Gasteiger partial charge in [-0.1, -0.05) is 12.7 Å². The van der Waals surface area contributed by atoms with E-state index in [1.54, 1.807) is 6.08 Å². The Hall–Kier alpha value is -1.09. The third-order valence-corrected chi connectivity index (χ3v) is 2.30. The van der Waals surface area contributed by atoms with Crippen molar-refractivity contribution in [2.24, 2.45) is 0 Å². The summed E-state index contributed by atoms with van der Waals surface area (Å²) in [6, 6.07) is 0. The largest absolute Gasteiger partial charge is 0.376 e. The second-order valence-corrected chi connectivity index (χ2v) is 3.33. The molecule has 0 amide bonds. The molecular formula is C10H14N2O. The Bertz CT molecular complexity index is 287.